The molecule has 0 fully saturated rings. The second-order valence-corrected chi connectivity index (χ2v) is 22.8. The van der Waals surface area contributed by atoms with Crippen LogP contribution < -0.4 is 4.89 Å². The van der Waals surface area contributed by atoms with Crippen LogP contribution in [0.4, 0.5) is 0 Å². The molecule has 0 rings (SSSR count). The van der Waals surface area contributed by atoms with E-state index in [0.29, 0.717) is 24.1 Å². The van der Waals surface area contributed by atoms with Crippen LogP contribution in [-0.4, -0.2) is 70.7 Å². The molecule has 0 heterocycles. The number of hydrogen-bond acceptors (Lipinski definition) is 7. The van der Waals surface area contributed by atoms with Crippen molar-refractivity contribution in [3.05, 3.63) is 12.2 Å². The summed E-state index contributed by atoms with van der Waals surface area (Å²) in [5.74, 6) is -0.325. The van der Waals surface area contributed by atoms with E-state index in [1.165, 1.54) is 244 Å². The highest BCUT2D eigenvalue weighted by molar-refractivity contribution is 7.45. The minimum Gasteiger partial charge on any atom is -0.756 e. The Morgan fingerprint density at radius 2 is 0.776 bits per heavy atom. The highest BCUT2D eigenvalue weighted by atomic mass is 31.2. The number of hydrogen-bond donors (Lipinski definition) is 0. The smallest absolute Gasteiger partial charge is 0.306 e. The van der Waals surface area contributed by atoms with Gasteiger partial charge in [-0.2, -0.15) is 0 Å². The molecule has 0 N–H and O–H groups in total. The Labute approximate surface area is 418 Å². The van der Waals surface area contributed by atoms with Crippen LogP contribution in [0.1, 0.15) is 296 Å². The van der Waals surface area contributed by atoms with Crippen molar-refractivity contribution < 1.29 is 37.3 Å². The number of unbranched alkanes of at least 4 members (excludes halogenated alkanes) is 40. The second kappa shape index (κ2) is 51.6. The molecule has 0 saturated heterocycles. The lowest BCUT2D eigenvalue weighted by Crippen LogP contribution is -2.37. The topological polar surface area (TPSA) is 94.1 Å². The van der Waals surface area contributed by atoms with Gasteiger partial charge in [-0.3, -0.25) is 9.36 Å². The van der Waals surface area contributed by atoms with E-state index in [9.17, 15) is 14.3 Å². The maximum absolute atomic E-state index is 12.8. The lowest BCUT2D eigenvalue weighted by atomic mass is 10.0. The molecule has 8 nitrogen and oxygen atoms in total. The van der Waals surface area contributed by atoms with Crippen molar-refractivity contribution >= 4 is 13.8 Å². The van der Waals surface area contributed by atoms with Crippen LogP contribution in [0, 0.1) is 0 Å². The normalized spacial score (nSPS) is 13.5. The third-order valence-corrected chi connectivity index (χ3v) is 14.3. The summed E-state index contributed by atoms with van der Waals surface area (Å²) in [6.07, 6.45) is 61.1. The van der Waals surface area contributed by atoms with Gasteiger partial charge < -0.3 is 27.9 Å². The molecule has 2 atom stereocenters. The first-order valence-corrected chi connectivity index (χ1v) is 30.9. The zero-order valence-electron chi connectivity index (χ0n) is 45.6. The van der Waals surface area contributed by atoms with E-state index in [1.54, 1.807) is 0 Å². The first-order chi connectivity index (χ1) is 32.6. The Balaban J connectivity index is 4.02. The summed E-state index contributed by atoms with van der Waals surface area (Å²) in [7, 11) is 1.38. The van der Waals surface area contributed by atoms with E-state index in [-0.39, 0.29) is 25.8 Å². The van der Waals surface area contributed by atoms with E-state index in [2.05, 4.69) is 26.0 Å². The molecule has 0 aliphatic heterocycles. The molecule has 400 valence electrons. The van der Waals surface area contributed by atoms with Crippen molar-refractivity contribution in [2.24, 2.45) is 0 Å². The number of nitrogens with zero attached hydrogens (tertiary/aromatic N) is 1. The van der Waals surface area contributed by atoms with Gasteiger partial charge in [-0.15, -0.1) is 0 Å². The van der Waals surface area contributed by atoms with Crippen LogP contribution in [0.2, 0.25) is 0 Å². The molecule has 9 heteroatoms. The zero-order valence-corrected chi connectivity index (χ0v) is 46.5. The molecular formula is C58H116NO7P. The van der Waals surface area contributed by atoms with Gasteiger partial charge in [0, 0.05) is 13.0 Å². The van der Waals surface area contributed by atoms with Gasteiger partial charge in [-0.1, -0.05) is 264 Å². The molecule has 67 heavy (non-hydrogen) atoms. The second-order valence-electron chi connectivity index (χ2n) is 21.4. The summed E-state index contributed by atoms with van der Waals surface area (Å²) >= 11 is 0. The largest absolute Gasteiger partial charge is 0.756 e. The van der Waals surface area contributed by atoms with E-state index >= 15 is 0 Å². The Morgan fingerprint density at radius 1 is 0.448 bits per heavy atom. The van der Waals surface area contributed by atoms with Crippen molar-refractivity contribution in [1.29, 1.82) is 0 Å². The SMILES string of the molecule is CCCCCCCCCC/C=C\CCCCCCCCCCCCOCC(COP(=O)([O-])OCC[N+](C)(C)C)OC(=O)CCCCCCCCCCCCCCCCCCCCCCCCC. The Hall–Kier alpha value is -0.760. The number of phosphoric ester groups is 1. The number of ether oxygens (including phenoxy) is 2. The number of esters is 1. The third-order valence-electron chi connectivity index (χ3n) is 13.3. The molecule has 0 aromatic heterocycles. The predicted molar refractivity (Wildman–Crippen MR) is 287 cm³/mol. The van der Waals surface area contributed by atoms with Crippen molar-refractivity contribution in [3.8, 4) is 0 Å². The average Bonchev–Trinajstić information content (AvgIpc) is 3.29. The molecule has 0 bridgehead atoms. The lowest BCUT2D eigenvalue weighted by molar-refractivity contribution is -0.870. The number of carbonyl (C=O) groups is 1. The van der Waals surface area contributed by atoms with E-state index in [0.717, 1.165) is 32.1 Å². The molecule has 0 radical (unpaired) electrons. The molecule has 0 saturated carbocycles. The van der Waals surface area contributed by atoms with Gasteiger partial charge in [0.2, 0.25) is 0 Å². The van der Waals surface area contributed by atoms with Gasteiger partial charge >= 0.3 is 5.97 Å². The van der Waals surface area contributed by atoms with Gasteiger partial charge in [-0.05, 0) is 38.5 Å². The molecule has 0 aromatic rings. The highest BCUT2D eigenvalue weighted by Gasteiger charge is 2.20. The summed E-state index contributed by atoms with van der Waals surface area (Å²) < 4.78 is 34.9. The van der Waals surface area contributed by atoms with Gasteiger partial charge in [0.15, 0.2) is 0 Å². The Morgan fingerprint density at radius 3 is 1.13 bits per heavy atom. The fourth-order valence-electron chi connectivity index (χ4n) is 8.78. The monoisotopic (exact) mass is 970 g/mol. The molecule has 0 aliphatic rings. The Bertz CT molecular complexity index is 1080. The average molecular weight is 971 g/mol. The van der Waals surface area contributed by atoms with Crippen LogP contribution in [0.5, 0.6) is 0 Å². The van der Waals surface area contributed by atoms with Gasteiger partial charge in [-0.25, -0.2) is 0 Å². The molecule has 0 aromatic carbocycles. The van der Waals surface area contributed by atoms with Crippen LogP contribution in [0.3, 0.4) is 0 Å². The van der Waals surface area contributed by atoms with Gasteiger partial charge in [0.1, 0.15) is 19.3 Å². The number of phosphoric acid groups is 1. The Kier molecular flexibility index (Phi) is 51.0. The van der Waals surface area contributed by atoms with Crippen molar-refractivity contribution in [1.82, 2.24) is 0 Å². The van der Waals surface area contributed by atoms with Gasteiger partial charge in [0.05, 0.1) is 34.4 Å². The molecule has 2 unspecified atom stereocenters. The molecule has 0 amide bonds. The van der Waals surface area contributed by atoms with Crippen LogP contribution >= 0.6 is 7.82 Å². The summed E-state index contributed by atoms with van der Waals surface area (Å²) in [6.45, 7) is 5.49. The summed E-state index contributed by atoms with van der Waals surface area (Å²) in [5.41, 5.74) is 0. The van der Waals surface area contributed by atoms with E-state index < -0.39 is 13.9 Å². The third kappa shape index (κ3) is 56.0. The summed E-state index contributed by atoms with van der Waals surface area (Å²) in [6, 6.07) is 0. The quantitative estimate of drug-likeness (QED) is 0.0197. The van der Waals surface area contributed by atoms with Crippen molar-refractivity contribution in [2.75, 3.05) is 54.1 Å². The number of quaternary nitrogens is 1. The molecular weight excluding hydrogens is 854 g/mol. The van der Waals surface area contributed by atoms with Crippen molar-refractivity contribution in [3.63, 3.8) is 0 Å². The number of carbonyl (C=O) groups excluding carboxylic acids is 1. The summed E-state index contributed by atoms with van der Waals surface area (Å²) in [4.78, 5) is 25.3. The van der Waals surface area contributed by atoms with E-state index in [4.69, 9.17) is 18.5 Å². The molecule has 0 spiro atoms. The minimum atomic E-state index is -4.53. The lowest BCUT2D eigenvalue weighted by Gasteiger charge is -2.28. The first-order valence-electron chi connectivity index (χ1n) is 29.4. The fraction of sp³-hybridized carbons (Fsp3) is 0.948. The number of likely N-dealkylation sites (N-methyl/N-ethyl adjacent to an activating group) is 1. The van der Waals surface area contributed by atoms with E-state index in [1.807, 2.05) is 21.1 Å². The molecule has 0 aliphatic carbocycles. The maximum atomic E-state index is 12.8. The maximum Gasteiger partial charge on any atom is 0.306 e. The van der Waals surface area contributed by atoms with Crippen LogP contribution in [-0.2, 0) is 27.9 Å². The first kappa shape index (κ1) is 66.2. The number of allylic oxidation sites excluding steroid dienone is 2. The minimum absolute atomic E-state index is 0.0299. The zero-order chi connectivity index (χ0) is 49.0. The van der Waals surface area contributed by atoms with Crippen molar-refractivity contribution in [2.45, 2.75) is 302 Å². The predicted octanol–water partition coefficient (Wildman–Crippen LogP) is 17.9. The van der Waals surface area contributed by atoms with Crippen LogP contribution in [0.15, 0.2) is 12.2 Å². The standard InChI is InChI=1S/C58H116NO7P/c1-6-8-10-12-14-16-18-20-22-24-26-28-30-31-33-35-37-39-41-43-45-47-49-51-58(60)66-57(56-65-67(61,62)64-54-52-59(3,4)5)55-63-53-50-48-46-44-42-40-38-36-34-32-29-27-25-23-21-19-17-15-13-11-9-7-2/h25,27,57H,6-24,26,28-56H2,1-5H3/b27-25-. The summed E-state index contributed by atoms with van der Waals surface area (Å²) in [5, 5.41) is 0. The van der Waals surface area contributed by atoms with Crippen LogP contribution in [0.25, 0.3) is 0 Å². The fourth-order valence-corrected chi connectivity index (χ4v) is 9.51. The highest BCUT2D eigenvalue weighted by Crippen LogP contribution is 2.38. The number of rotatable bonds is 56. The van der Waals surface area contributed by atoms with Gasteiger partial charge in [0.25, 0.3) is 7.82 Å².